The molecule has 1 unspecified atom stereocenters. The van der Waals surface area contributed by atoms with Crippen LogP contribution in [0.4, 0.5) is 0 Å². The first-order valence-corrected chi connectivity index (χ1v) is 6.37. The summed E-state index contributed by atoms with van der Waals surface area (Å²) in [6, 6.07) is -0.548. The number of ether oxygens (including phenoxy) is 1. The van der Waals surface area contributed by atoms with Crippen molar-refractivity contribution in [1.82, 2.24) is 9.88 Å². The minimum absolute atomic E-state index is 0.263. The molecule has 1 fully saturated rings. The van der Waals surface area contributed by atoms with E-state index in [1.165, 1.54) is 4.88 Å². The Labute approximate surface area is 104 Å². The van der Waals surface area contributed by atoms with Crippen molar-refractivity contribution in [3.63, 3.8) is 0 Å². The Morgan fingerprint density at radius 3 is 3.00 bits per heavy atom. The van der Waals surface area contributed by atoms with Gasteiger partial charge in [0.1, 0.15) is 11.0 Å². The number of carboxylic acid groups (broad SMARTS) is 1. The molecule has 1 saturated heterocycles. The van der Waals surface area contributed by atoms with Gasteiger partial charge in [0.15, 0.2) is 0 Å². The molecule has 1 N–H and O–H groups in total. The maximum atomic E-state index is 11.1. The fourth-order valence-corrected chi connectivity index (χ4v) is 2.80. The molecule has 0 aliphatic carbocycles. The van der Waals surface area contributed by atoms with Crippen LogP contribution in [0.3, 0.4) is 0 Å². The SMILES string of the molecule is Cc1nc(CN2CCOCC2C(=O)O)sc1C. The number of carboxylic acids is 1. The van der Waals surface area contributed by atoms with Gasteiger partial charge in [0.25, 0.3) is 0 Å². The first kappa shape index (κ1) is 12.5. The molecule has 2 heterocycles. The minimum Gasteiger partial charge on any atom is -0.480 e. The van der Waals surface area contributed by atoms with E-state index in [0.29, 0.717) is 19.7 Å². The van der Waals surface area contributed by atoms with Crippen molar-refractivity contribution < 1.29 is 14.6 Å². The molecule has 1 aliphatic rings. The topological polar surface area (TPSA) is 62.7 Å². The molecular weight excluding hydrogens is 240 g/mol. The second-order valence-corrected chi connectivity index (χ2v) is 5.44. The number of hydrogen-bond acceptors (Lipinski definition) is 5. The van der Waals surface area contributed by atoms with E-state index in [1.807, 2.05) is 18.7 Å². The average Bonchev–Trinajstić information content (AvgIpc) is 2.58. The predicted octanol–water partition coefficient (Wildman–Crippen LogP) is 1.05. The first-order valence-electron chi connectivity index (χ1n) is 5.55. The number of hydrogen-bond donors (Lipinski definition) is 1. The molecule has 1 aliphatic heterocycles. The molecule has 0 spiro atoms. The van der Waals surface area contributed by atoms with Crippen LogP contribution in [0, 0.1) is 13.8 Å². The molecule has 0 amide bonds. The predicted molar refractivity (Wildman–Crippen MR) is 64.2 cm³/mol. The van der Waals surface area contributed by atoms with Crippen LogP contribution in [0.5, 0.6) is 0 Å². The second-order valence-electron chi connectivity index (χ2n) is 4.15. The van der Waals surface area contributed by atoms with Crippen molar-refractivity contribution in [2.24, 2.45) is 0 Å². The Balaban J connectivity index is 2.07. The summed E-state index contributed by atoms with van der Waals surface area (Å²) >= 11 is 1.64. The van der Waals surface area contributed by atoms with Crippen molar-refractivity contribution >= 4 is 17.3 Å². The van der Waals surface area contributed by atoms with Gasteiger partial charge in [0.2, 0.25) is 0 Å². The molecule has 0 aromatic carbocycles. The number of thiazole rings is 1. The van der Waals surface area contributed by atoms with Gasteiger partial charge in [-0.3, -0.25) is 9.69 Å². The fraction of sp³-hybridized carbons (Fsp3) is 0.636. The number of morpholine rings is 1. The first-order chi connectivity index (χ1) is 8.08. The lowest BCUT2D eigenvalue weighted by Crippen LogP contribution is -2.49. The summed E-state index contributed by atoms with van der Waals surface area (Å²) in [5, 5.41) is 10.1. The number of carbonyl (C=O) groups is 1. The zero-order valence-corrected chi connectivity index (χ0v) is 10.8. The summed E-state index contributed by atoms with van der Waals surface area (Å²) in [4.78, 5) is 18.6. The maximum absolute atomic E-state index is 11.1. The molecule has 1 aromatic heterocycles. The lowest BCUT2D eigenvalue weighted by molar-refractivity contribution is -0.150. The van der Waals surface area contributed by atoms with Crippen molar-refractivity contribution in [3.8, 4) is 0 Å². The third-order valence-corrected chi connectivity index (χ3v) is 3.99. The van der Waals surface area contributed by atoms with Crippen LogP contribution < -0.4 is 0 Å². The van der Waals surface area contributed by atoms with E-state index < -0.39 is 12.0 Å². The van der Waals surface area contributed by atoms with Gasteiger partial charge in [-0.05, 0) is 13.8 Å². The van der Waals surface area contributed by atoms with E-state index in [0.717, 1.165) is 10.7 Å². The van der Waals surface area contributed by atoms with E-state index >= 15 is 0 Å². The van der Waals surface area contributed by atoms with Gasteiger partial charge >= 0.3 is 5.97 Å². The van der Waals surface area contributed by atoms with Crippen LogP contribution in [0.2, 0.25) is 0 Å². The lowest BCUT2D eigenvalue weighted by atomic mass is 10.2. The number of aromatic nitrogens is 1. The van der Waals surface area contributed by atoms with E-state index in [1.54, 1.807) is 11.3 Å². The summed E-state index contributed by atoms with van der Waals surface area (Å²) in [6.45, 7) is 6.11. The average molecular weight is 256 g/mol. The quantitative estimate of drug-likeness (QED) is 0.875. The van der Waals surface area contributed by atoms with Crippen LogP contribution >= 0.6 is 11.3 Å². The highest BCUT2D eigenvalue weighted by Crippen LogP contribution is 2.20. The van der Waals surface area contributed by atoms with Gasteiger partial charge in [-0.25, -0.2) is 4.98 Å². The Morgan fingerprint density at radius 1 is 1.65 bits per heavy atom. The summed E-state index contributed by atoms with van der Waals surface area (Å²) in [7, 11) is 0. The van der Waals surface area contributed by atoms with Gasteiger partial charge in [-0.1, -0.05) is 0 Å². The van der Waals surface area contributed by atoms with Gasteiger partial charge < -0.3 is 9.84 Å². The van der Waals surface area contributed by atoms with E-state index in [-0.39, 0.29) is 6.61 Å². The largest absolute Gasteiger partial charge is 0.480 e. The summed E-state index contributed by atoms with van der Waals surface area (Å²) < 4.78 is 5.20. The molecule has 17 heavy (non-hydrogen) atoms. The third-order valence-electron chi connectivity index (χ3n) is 2.94. The standard InChI is InChI=1S/C11H16N2O3S/c1-7-8(2)17-10(12-7)5-13-3-4-16-6-9(13)11(14)15/h9H,3-6H2,1-2H3,(H,14,15). The normalized spacial score (nSPS) is 21.6. The molecular formula is C11H16N2O3S. The molecule has 5 nitrogen and oxygen atoms in total. The molecule has 1 aromatic rings. The number of aryl methyl sites for hydroxylation is 2. The summed E-state index contributed by atoms with van der Waals surface area (Å²) in [5.74, 6) is -0.824. The molecule has 2 rings (SSSR count). The van der Waals surface area contributed by atoms with Crippen LogP contribution in [0.25, 0.3) is 0 Å². The molecule has 0 saturated carbocycles. The summed E-state index contributed by atoms with van der Waals surface area (Å²) in [6.07, 6.45) is 0. The maximum Gasteiger partial charge on any atom is 0.323 e. The van der Waals surface area contributed by atoms with Crippen LogP contribution in [0.15, 0.2) is 0 Å². The van der Waals surface area contributed by atoms with Crippen LogP contribution in [-0.2, 0) is 16.1 Å². The van der Waals surface area contributed by atoms with Gasteiger partial charge in [-0.2, -0.15) is 0 Å². The molecule has 0 bridgehead atoms. The van der Waals surface area contributed by atoms with E-state index in [2.05, 4.69) is 4.98 Å². The Bertz CT molecular complexity index is 399. The zero-order chi connectivity index (χ0) is 12.4. The monoisotopic (exact) mass is 256 g/mol. The number of aliphatic carboxylic acids is 1. The molecule has 6 heteroatoms. The van der Waals surface area contributed by atoms with Gasteiger partial charge in [0.05, 0.1) is 25.5 Å². The molecule has 94 valence electrons. The van der Waals surface area contributed by atoms with Crippen molar-refractivity contribution in [3.05, 3.63) is 15.6 Å². The summed E-state index contributed by atoms with van der Waals surface area (Å²) in [5.41, 5.74) is 1.03. The Morgan fingerprint density at radius 2 is 2.41 bits per heavy atom. The van der Waals surface area contributed by atoms with Crippen molar-refractivity contribution in [2.75, 3.05) is 19.8 Å². The van der Waals surface area contributed by atoms with Crippen molar-refractivity contribution in [1.29, 1.82) is 0 Å². The van der Waals surface area contributed by atoms with Crippen LogP contribution in [-0.4, -0.2) is 46.8 Å². The highest BCUT2D eigenvalue weighted by atomic mass is 32.1. The Kier molecular flexibility index (Phi) is 3.76. The lowest BCUT2D eigenvalue weighted by Gasteiger charge is -2.31. The van der Waals surface area contributed by atoms with E-state index in [9.17, 15) is 4.79 Å². The third kappa shape index (κ3) is 2.83. The smallest absolute Gasteiger partial charge is 0.323 e. The van der Waals surface area contributed by atoms with Gasteiger partial charge in [-0.15, -0.1) is 11.3 Å². The highest BCUT2D eigenvalue weighted by Gasteiger charge is 2.29. The number of rotatable bonds is 3. The Hall–Kier alpha value is -0.980. The molecule has 0 radical (unpaired) electrons. The number of nitrogens with zero attached hydrogens (tertiary/aromatic N) is 2. The van der Waals surface area contributed by atoms with Gasteiger partial charge in [0, 0.05) is 11.4 Å². The zero-order valence-electron chi connectivity index (χ0n) is 9.97. The van der Waals surface area contributed by atoms with Crippen molar-refractivity contribution in [2.45, 2.75) is 26.4 Å². The minimum atomic E-state index is -0.824. The second kappa shape index (κ2) is 5.12. The molecule has 1 atom stereocenters. The van der Waals surface area contributed by atoms with Crippen LogP contribution in [0.1, 0.15) is 15.6 Å². The fourth-order valence-electron chi connectivity index (χ4n) is 1.84. The highest BCUT2D eigenvalue weighted by molar-refractivity contribution is 7.11. The van der Waals surface area contributed by atoms with E-state index in [4.69, 9.17) is 9.84 Å².